The first kappa shape index (κ1) is 11.5. The first-order chi connectivity index (χ1) is 8.30. The number of hydrogen-bond donors (Lipinski definition) is 1. The Morgan fingerprint density at radius 3 is 3.18 bits per heavy atom. The van der Waals surface area contributed by atoms with E-state index in [1.165, 1.54) is 5.56 Å². The maximum atomic E-state index is 12.3. The molecule has 2 aliphatic heterocycles. The third-order valence-electron chi connectivity index (χ3n) is 3.48. The SMILES string of the molecule is O=C1Oc2ccccc2CC12CCCN[I-]C2. The molecular formula is C13H15INO2-. The van der Waals surface area contributed by atoms with Crippen LogP contribution in [-0.2, 0) is 11.2 Å². The molecule has 1 unspecified atom stereocenters. The Kier molecular flexibility index (Phi) is 3.08. The van der Waals surface area contributed by atoms with Crippen molar-refractivity contribution in [3.05, 3.63) is 29.8 Å². The second kappa shape index (κ2) is 4.57. The number of halogens is 1. The van der Waals surface area contributed by atoms with Gasteiger partial charge < -0.3 is 0 Å². The Labute approximate surface area is 112 Å². The Bertz CT molecular complexity index is 439. The van der Waals surface area contributed by atoms with Gasteiger partial charge in [-0.05, 0) is 0 Å². The van der Waals surface area contributed by atoms with Crippen molar-refractivity contribution in [3.63, 3.8) is 0 Å². The van der Waals surface area contributed by atoms with E-state index < -0.39 is 0 Å². The molecule has 4 heteroatoms. The summed E-state index contributed by atoms with van der Waals surface area (Å²) in [7, 11) is 0. The van der Waals surface area contributed by atoms with Gasteiger partial charge in [0.2, 0.25) is 0 Å². The third kappa shape index (κ3) is 2.08. The number of alkyl halides is 1. The van der Waals surface area contributed by atoms with E-state index in [0.717, 1.165) is 36.0 Å². The van der Waals surface area contributed by atoms with Gasteiger partial charge in [0, 0.05) is 0 Å². The van der Waals surface area contributed by atoms with Gasteiger partial charge in [0.15, 0.2) is 0 Å². The second-order valence-corrected chi connectivity index (χ2v) is 7.00. The van der Waals surface area contributed by atoms with E-state index >= 15 is 0 Å². The van der Waals surface area contributed by atoms with Gasteiger partial charge >= 0.3 is 112 Å². The molecule has 2 aliphatic rings. The topological polar surface area (TPSA) is 38.3 Å². The molecule has 2 heterocycles. The quantitative estimate of drug-likeness (QED) is 0.205. The summed E-state index contributed by atoms with van der Waals surface area (Å²) in [6.45, 7) is 1.06. The zero-order valence-corrected chi connectivity index (χ0v) is 11.7. The zero-order chi connectivity index (χ0) is 11.7. The molecule has 0 radical (unpaired) electrons. The number of nitrogens with one attached hydrogen (secondary N) is 1. The van der Waals surface area contributed by atoms with Gasteiger partial charge in [-0.25, -0.2) is 0 Å². The summed E-state index contributed by atoms with van der Waals surface area (Å²) in [5.41, 5.74) is 0.962. The van der Waals surface area contributed by atoms with E-state index in [1.54, 1.807) is 0 Å². The van der Waals surface area contributed by atoms with Crippen LogP contribution in [0.15, 0.2) is 24.3 Å². The number of esters is 1. The van der Waals surface area contributed by atoms with Crippen molar-refractivity contribution in [2.24, 2.45) is 5.41 Å². The van der Waals surface area contributed by atoms with Crippen molar-refractivity contribution in [1.82, 2.24) is 3.53 Å². The van der Waals surface area contributed by atoms with Gasteiger partial charge in [0.25, 0.3) is 0 Å². The van der Waals surface area contributed by atoms with Crippen LogP contribution in [-0.4, -0.2) is 16.9 Å². The van der Waals surface area contributed by atoms with E-state index in [4.69, 9.17) is 4.74 Å². The minimum atomic E-state index is -0.231. The molecule has 92 valence electrons. The van der Waals surface area contributed by atoms with Crippen molar-refractivity contribution in [1.29, 1.82) is 0 Å². The number of rotatable bonds is 0. The molecule has 1 aromatic carbocycles. The molecule has 0 aromatic heterocycles. The molecule has 1 saturated heterocycles. The van der Waals surface area contributed by atoms with Gasteiger partial charge in [-0.15, -0.1) is 0 Å². The second-order valence-electron chi connectivity index (χ2n) is 4.71. The van der Waals surface area contributed by atoms with E-state index in [-0.39, 0.29) is 32.9 Å². The Hall–Kier alpha value is -0.620. The molecule has 17 heavy (non-hydrogen) atoms. The number of ether oxygens (including phenoxy) is 1. The van der Waals surface area contributed by atoms with E-state index in [0.29, 0.717) is 0 Å². The van der Waals surface area contributed by atoms with Crippen molar-refractivity contribution < 1.29 is 31.0 Å². The standard InChI is InChI=1S/C13H15INO2/c16-12-13(6-3-7-15-14-9-13)8-10-4-1-2-5-11(10)17-12/h1-2,4-5,15H,3,6-9H2/q-1. The summed E-state index contributed by atoms with van der Waals surface area (Å²) in [6.07, 6.45) is 2.91. The van der Waals surface area contributed by atoms with Gasteiger partial charge in [-0.2, -0.15) is 0 Å². The molecule has 1 spiro atoms. The molecule has 3 rings (SSSR count). The number of carbonyl (C=O) groups excluding carboxylic acids is 1. The summed E-state index contributed by atoms with van der Waals surface area (Å²) >= 11 is -0.0559. The molecule has 3 nitrogen and oxygen atoms in total. The first-order valence-electron chi connectivity index (χ1n) is 5.91. The van der Waals surface area contributed by atoms with E-state index in [9.17, 15) is 4.79 Å². The van der Waals surface area contributed by atoms with Crippen LogP contribution in [0, 0.1) is 5.41 Å². The fraction of sp³-hybridized carbons (Fsp3) is 0.462. The minimum absolute atomic E-state index is 0.000370. The monoisotopic (exact) mass is 344 g/mol. The van der Waals surface area contributed by atoms with Crippen LogP contribution < -0.4 is 29.7 Å². The molecule has 0 amide bonds. The molecule has 0 saturated carbocycles. The predicted octanol–water partition coefficient (Wildman–Crippen LogP) is -1.48. The molecule has 1 fully saturated rings. The summed E-state index contributed by atoms with van der Waals surface area (Å²) in [5, 5.41) is 0. The van der Waals surface area contributed by atoms with Crippen LogP contribution in [0.4, 0.5) is 0 Å². The number of carbonyl (C=O) groups is 1. The Morgan fingerprint density at radius 2 is 2.24 bits per heavy atom. The predicted molar refractivity (Wildman–Crippen MR) is 60.3 cm³/mol. The van der Waals surface area contributed by atoms with Gasteiger partial charge in [-0.3, -0.25) is 0 Å². The summed E-state index contributed by atoms with van der Waals surface area (Å²) < 4.78 is 10.00. The van der Waals surface area contributed by atoms with Crippen molar-refractivity contribution in [3.8, 4) is 5.75 Å². The third-order valence-corrected chi connectivity index (χ3v) is 6.40. The average molecular weight is 344 g/mol. The Morgan fingerprint density at radius 1 is 1.35 bits per heavy atom. The fourth-order valence-electron chi connectivity index (χ4n) is 2.49. The van der Waals surface area contributed by atoms with Crippen LogP contribution in [0.1, 0.15) is 18.4 Å². The summed E-state index contributed by atoms with van der Waals surface area (Å²) in [6, 6.07) is 7.92. The van der Waals surface area contributed by atoms with Crippen LogP contribution in [0.3, 0.4) is 0 Å². The van der Waals surface area contributed by atoms with Crippen LogP contribution in [0.2, 0.25) is 0 Å². The molecule has 0 bridgehead atoms. The number of benzene rings is 1. The number of fused-ring (bicyclic) bond motifs is 1. The van der Waals surface area contributed by atoms with E-state index in [2.05, 4.69) is 9.60 Å². The first-order valence-corrected chi connectivity index (χ1v) is 8.52. The van der Waals surface area contributed by atoms with Gasteiger partial charge in [0.1, 0.15) is 0 Å². The van der Waals surface area contributed by atoms with Crippen molar-refractivity contribution >= 4 is 5.97 Å². The molecule has 1 aromatic rings. The Balaban J connectivity index is 1.95. The number of para-hydroxylation sites is 1. The fourth-order valence-corrected chi connectivity index (χ4v) is 5.21. The normalized spacial score (nSPS) is 28.8. The van der Waals surface area contributed by atoms with Gasteiger partial charge in [0.05, 0.1) is 0 Å². The molecule has 1 atom stereocenters. The van der Waals surface area contributed by atoms with Crippen LogP contribution in [0.25, 0.3) is 0 Å². The van der Waals surface area contributed by atoms with Crippen LogP contribution in [0.5, 0.6) is 5.75 Å². The number of hydrogen-bond acceptors (Lipinski definition) is 3. The zero-order valence-electron chi connectivity index (χ0n) is 9.54. The molecule has 1 N–H and O–H groups in total. The summed E-state index contributed by atoms with van der Waals surface area (Å²) in [4.78, 5) is 12.3. The van der Waals surface area contributed by atoms with Gasteiger partial charge in [-0.1, -0.05) is 0 Å². The maximum absolute atomic E-state index is 12.3. The summed E-state index contributed by atoms with van der Waals surface area (Å²) in [5.74, 6) is 0.762. The average Bonchev–Trinajstić information content (AvgIpc) is 2.57. The van der Waals surface area contributed by atoms with Crippen molar-refractivity contribution in [2.45, 2.75) is 19.3 Å². The van der Waals surface area contributed by atoms with E-state index in [1.807, 2.05) is 18.2 Å². The van der Waals surface area contributed by atoms with Crippen molar-refractivity contribution in [2.75, 3.05) is 11.0 Å². The van der Waals surface area contributed by atoms with Crippen LogP contribution >= 0.6 is 0 Å². The molecule has 0 aliphatic carbocycles. The molecular weight excluding hydrogens is 329 g/mol.